The van der Waals surface area contributed by atoms with Crippen LogP contribution in [-0.2, 0) is 9.59 Å². The minimum atomic E-state index is -1.05. The number of carboxylic acid groups (broad SMARTS) is 1. The van der Waals surface area contributed by atoms with Gasteiger partial charge in [0.05, 0.1) is 29.4 Å². The van der Waals surface area contributed by atoms with Gasteiger partial charge in [0.1, 0.15) is 5.75 Å². The second-order valence-electron chi connectivity index (χ2n) is 9.38. The summed E-state index contributed by atoms with van der Waals surface area (Å²) in [6.07, 6.45) is -0.156. The van der Waals surface area contributed by atoms with Crippen molar-refractivity contribution in [1.29, 1.82) is 0 Å². The monoisotopic (exact) mass is 571 g/mol. The number of halogens is 1. The Hall–Kier alpha value is -4.17. The molecule has 0 radical (unpaired) electrons. The Morgan fingerprint density at radius 1 is 1.00 bits per heavy atom. The van der Waals surface area contributed by atoms with Crippen molar-refractivity contribution in [3.63, 3.8) is 0 Å². The molecule has 5 rings (SSSR count). The number of aliphatic carboxylic acids is 1. The van der Waals surface area contributed by atoms with Gasteiger partial charge < -0.3 is 15.9 Å². The van der Waals surface area contributed by atoms with Crippen LogP contribution in [0.4, 0.5) is 5.69 Å². The van der Waals surface area contributed by atoms with Gasteiger partial charge >= 0.3 is 5.97 Å². The number of nitrogen functional groups attached to an aromatic ring is 1. The molecule has 0 aromatic heterocycles. The molecule has 8 heteroatoms. The van der Waals surface area contributed by atoms with E-state index in [9.17, 15) is 14.7 Å². The van der Waals surface area contributed by atoms with Crippen LogP contribution in [0, 0.1) is 6.92 Å². The van der Waals surface area contributed by atoms with E-state index >= 15 is 0 Å². The van der Waals surface area contributed by atoms with E-state index in [2.05, 4.69) is 15.9 Å². The number of rotatable bonds is 6. The van der Waals surface area contributed by atoms with Crippen LogP contribution in [0.2, 0.25) is 0 Å². The maximum absolute atomic E-state index is 13.2. The number of carbonyl (C=O) groups is 2. The molecule has 1 aliphatic rings. The lowest BCUT2D eigenvalue weighted by Crippen LogP contribution is -2.27. The summed E-state index contributed by atoms with van der Waals surface area (Å²) in [5, 5.41) is 28.3. The summed E-state index contributed by atoms with van der Waals surface area (Å²) in [5.74, 6) is -1.54. The van der Waals surface area contributed by atoms with Crippen LogP contribution in [0.15, 0.2) is 82.4 Å². The normalized spacial score (nSPS) is 15.1. The molecule has 1 amide bonds. The minimum Gasteiger partial charge on any atom is -0.505 e. The molecule has 1 atom stereocenters. The Morgan fingerprint density at radius 3 is 2.39 bits per heavy atom. The van der Waals surface area contributed by atoms with E-state index in [1.165, 1.54) is 5.01 Å². The molecule has 0 bridgehead atoms. The fourth-order valence-electron chi connectivity index (χ4n) is 4.96. The molecule has 0 aliphatic carbocycles. The summed E-state index contributed by atoms with van der Waals surface area (Å²) in [7, 11) is 0. The summed E-state index contributed by atoms with van der Waals surface area (Å²) in [6.45, 7) is 2.00. The van der Waals surface area contributed by atoms with E-state index in [4.69, 9.17) is 15.9 Å². The van der Waals surface area contributed by atoms with E-state index in [0.717, 1.165) is 37.5 Å². The highest BCUT2D eigenvalue weighted by Gasteiger charge is 2.36. The van der Waals surface area contributed by atoms with Gasteiger partial charge in [0.25, 0.3) is 0 Å². The highest BCUT2D eigenvalue weighted by atomic mass is 79.9. The predicted molar refractivity (Wildman–Crippen MR) is 152 cm³/mol. The Labute approximate surface area is 228 Å². The van der Waals surface area contributed by atoms with Crippen molar-refractivity contribution in [3.8, 4) is 16.9 Å². The van der Waals surface area contributed by atoms with Gasteiger partial charge in [-0.25, -0.2) is 5.01 Å². The van der Waals surface area contributed by atoms with Crippen LogP contribution in [-0.4, -0.2) is 32.8 Å². The summed E-state index contributed by atoms with van der Waals surface area (Å²) in [4.78, 5) is 24.4. The molecule has 7 nitrogen and oxygen atoms in total. The van der Waals surface area contributed by atoms with Gasteiger partial charge in [-0.2, -0.15) is 5.10 Å². The van der Waals surface area contributed by atoms with Crippen molar-refractivity contribution in [2.75, 3.05) is 5.73 Å². The molecule has 1 aliphatic heterocycles. The second-order valence-corrected chi connectivity index (χ2v) is 10.3. The second kappa shape index (κ2) is 10.3. The molecule has 4 aromatic carbocycles. The third-order valence-electron chi connectivity index (χ3n) is 6.80. The van der Waals surface area contributed by atoms with Crippen LogP contribution in [0.25, 0.3) is 21.9 Å². The molecule has 38 heavy (non-hydrogen) atoms. The average Bonchev–Trinajstić information content (AvgIpc) is 3.35. The molecule has 1 heterocycles. The number of phenolic OH excluding ortho intramolecular Hbond substituents is 1. The van der Waals surface area contributed by atoms with Crippen molar-refractivity contribution in [2.45, 2.75) is 32.2 Å². The molecule has 0 saturated heterocycles. The van der Waals surface area contributed by atoms with Gasteiger partial charge in [-0.3, -0.25) is 9.59 Å². The number of phenols is 1. The number of hydrogen-bond acceptors (Lipinski definition) is 5. The number of carboxylic acids is 1. The largest absolute Gasteiger partial charge is 0.505 e. The number of anilines is 1. The smallest absolute Gasteiger partial charge is 0.303 e. The van der Waals surface area contributed by atoms with E-state index in [-0.39, 0.29) is 24.3 Å². The van der Waals surface area contributed by atoms with Gasteiger partial charge in [-0.05, 0) is 35.6 Å². The Balaban J connectivity index is 1.72. The summed E-state index contributed by atoms with van der Waals surface area (Å²) < 4.78 is 0.894. The highest BCUT2D eigenvalue weighted by Crippen LogP contribution is 2.46. The predicted octanol–water partition coefficient (Wildman–Crippen LogP) is 6.41. The molecule has 0 saturated carbocycles. The average molecular weight is 572 g/mol. The van der Waals surface area contributed by atoms with Crippen LogP contribution in [0.3, 0.4) is 0 Å². The lowest BCUT2D eigenvalue weighted by atomic mass is 9.86. The van der Waals surface area contributed by atoms with E-state index in [0.29, 0.717) is 17.7 Å². The molecular weight excluding hydrogens is 546 g/mol. The van der Waals surface area contributed by atoms with Gasteiger partial charge in [0.15, 0.2) is 0 Å². The van der Waals surface area contributed by atoms with Crippen molar-refractivity contribution in [3.05, 3.63) is 94.0 Å². The van der Waals surface area contributed by atoms with E-state index in [1.54, 1.807) is 0 Å². The molecule has 0 spiro atoms. The van der Waals surface area contributed by atoms with Crippen molar-refractivity contribution < 1.29 is 19.8 Å². The number of nitrogens with two attached hydrogens (primary N) is 1. The molecule has 1 unspecified atom stereocenters. The maximum atomic E-state index is 13.2. The van der Waals surface area contributed by atoms with Gasteiger partial charge in [0, 0.05) is 28.3 Å². The number of benzene rings is 4. The minimum absolute atomic E-state index is 0.0895. The number of hydrogen-bond donors (Lipinski definition) is 3. The molecule has 0 fully saturated rings. The maximum Gasteiger partial charge on any atom is 0.303 e. The number of nitrogens with zero attached hydrogens (tertiary/aromatic N) is 2. The van der Waals surface area contributed by atoms with Crippen LogP contribution >= 0.6 is 15.9 Å². The van der Waals surface area contributed by atoms with Gasteiger partial charge in [0.2, 0.25) is 5.91 Å². The Bertz CT molecular complexity index is 1580. The number of carbonyl (C=O) groups excluding carboxylic acids is 1. The highest BCUT2D eigenvalue weighted by molar-refractivity contribution is 9.10. The van der Waals surface area contributed by atoms with E-state index < -0.39 is 17.9 Å². The van der Waals surface area contributed by atoms with Crippen LogP contribution in [0.5, 0.6) is 5.75 Å². The van der Waals surface area contributed by atoms with Crippen molar-refractivity contribution >= 4 is 50.0 Å². The zero-order valence-electron chi connectivity index (χ0n) is 20.7. The lowest BCUT2D eigenvalue weighted by Gasteiger charge is -2.22. The van der Waals surface area contributed by atoms with Crippen LogP contribution < -0.4 is 5.73 Å². The van der Waals surface area contributed by atoms with Crippen LogP contribution in [0.1, 0.15) is 42.0 Å². The first-order chi connectivity index (χ1) is 18.2. The topological polar surface area (TPSA) is 116 Å². The Morgan fingerprint density at radius 2 is 1.71 bits per heavy atom. The number of aryl methyl sites for hydroxylation is 1. The number of aromatic hydroxyl groups is 1. The fraction of sp³-hybridized carbons (Fsp3) is 0.167. The standard InChI is InChI=1S/C30H26BrN3O4/c1-17-7-12-21-22(15-17)27(19-5-3-2-4-6-19)28(30(38)29(21)32)23-16-24(18-8-10-20(31)11-9-18)34(33-23)25(35)13-14-26(36)37/h2-12,15,24,38H,13-14,16,32H2,1H3,(H,36,37). The molecule has 4 N–H and O–H groups in total. The zero-order chi connectivity index (χ0) is 27.0. The van der Waals surface area contributed by atoms with Gasteiger partial charge in [-0.15, -0.1) is 0 Å². The zero-order valence-corrected chi connectivity index (χ0v) is 22.3. The first kappa shape index (κ1) is 25.5. The third-order valence-corrected chi connectivity index (χ3v) is 7.33. The quantitative estimate of drug-likeness (QED) is 0.183. The number of fused-ring (bicyclic) bond motifs is 1. The first-order valence-corrected chi connectivity index (χ1v) is 13.0. The van der Waals surface area contributed by atoms with E-state index in [1.807, 2.05) is 79.7 Å². The van der Waals surface area contributed by atoms with Crippen molar-refractivity contribution in [2.24, 2.45) is 5.10 Å². The molecule has 4 aromatic rings. The van der Waals surface area contributed by atoms with Crippen molar-refractivity contribution in [1.82, 2.24) is 5.01 Å². The number of amides is 1. The molecule has 192 valence electrons. The molecular formula is C30H26BrN3O4. The lowest BCUT2D eigenvalue weighted by molar-refractivity contribution is -0.141. The van der Waals surface area contributed by atoms with Gasteiger partial charge in [-0.1, -0.05) is 82.2 Å². The fourth-order valence-corrected chi connectivity index (χ4v) is 5.23. The Kier molecular flexibility index (Phi) is 6.91. The first-order valence-electron chi connectivity index (χ1n) is 12.2. The third kappa shape index (κ3) is 4.75. The summed E-state index contributed by atoms with van der Waals surface area (Å²) in [6, 6.07) is 22.7. The summed E-state index contributed by atoms with van der Waals surface area (Å²) in [5.41, 5.74) is 11.2. The SMILES string of the molecule is Cc1ccc2c(N)c(O)c(C3=NN(C(=O)CCC(=O)O)C(c4ccc(Br)cc4)C3)c(-c3ccccc3)c2c1. The summed E-state index contributed by atoms with van der Waals surface area (Å²) >= 11 is 3.45. The number of hydrazone groups is 1.